The highest BCUT2D eigenvalue weighted by atomic mass is 35.5. The van der Waals surface area contributed by atoms with Crippen LogP contribution in [0.4, 0.5) is 4.79 Å². The van der Waals surface area contributed by atoms with Crippen LogP contribution in [-0.2, 0) is 11.2 Å². The summed E-state index contributed by atoms with van der Waals surface area (Å²) in [6.07, 6.45) is 2.22. The molecule has 0 radical (unpaired) electrons. The molecule has 1 aromatic heterocycles. The summed E-state index contributed by atoms with van der Waals surface area (Å²) < 4.78 is 0. The lowest BCUT2D eigenvalue weighted by atomic mass is 9.89. The van der Waals surface area contributed by atoms with Crippen molar-refractivity contribution in [2.45, 2.75) is 38.3 Å². The van der Waals surface area contributed by atoms with Crippen LogP contribution in [0.2, 0.25) is 10.0 Å². The lowest BCUT2D eigenvalue weighted by Gasteiger charge is -2.36. The van der Waals surface area contributed by atoms with Crippen LogP contribution in [0, 0.1) is 0 Å². The monoisotopic (exact) mass is 441 g/mol. The van der Waals surface area contributed by atoms with Gasteiger partial charge in [-0.3, -0.25) is 14.6 Å². The normalized spacial score (nSPS) is 20.8. The summed E-state index contributed by atoms with van der Waals surface area (Å²) in [7, 11) is 0. The highest BCUT2D eigenvalue weighted by molar-refractivity contribution is 6.42. The Kier molecular flexibility index (Phi) is 4.75. The zero-order chi connectivity index (χ0) is 21.0. The molecular weight excluding hydrogens is 421 g/mol. The van der Waals surface area contributed by atoms with Gasteiger partial charge in [-0.25, -0.2) is 4.79 Å². The Morgan fingerprint density at radius 2 is 1.90 bits per heavy atom. The van der Waals surface area contributed by atoms with Crippen LogP contribution in [0.1, 0.15) is 42.6 Å². The third-order valence-electron chi connectivity index (χ3n) is 6.13. The van der Waals surface area contributed by atoms with Gasteiger partial charge in [-0.1, -0.05) is 60.8 Å². The fourth-order valence-electron chi connectivity index (χ4n) is 4.68. The maximum atomic E-state index is 13.4. The molecular formula is C23H21Cl2N3O2. The molecule has 5 nitrogen and oxygen atoms in total. The summed E-state index contributed by atoms with van der Waals surface area (Å²) in [5.74, 6) is -0.116. The Bertz CT molecular complexity index is 1170. The summed E-state index contributed by atoms with van der Waals surface area (Å²) in [6.45, 7) is 2.50. The van der Waals surface area contributed by atoms with Gasteiger partial charge in [0.05, 0.1) is 10.0 Å². The molecule has 1 N–H and O–H groups in total. The smallest absolute Gasteiger partial charge is 0.328 e. The minimum absolute atomic E-state index is 0.116. The van der Waals surface area contributed by atoms with Crippen LogP contribution >= 0.6 is 23.2 Å². The molecule has 0 aliphatic carbocycles. The maximum Gasteiger partial charge on any atom is 0.328 e. The summed E-state index contributed by atoms with van der Waals surface area (Å²) in [5, 5.41) is 1.97. The summed E-state index contributed by atoms with van der Waals surface area (Å²) in [6, 6.07) is 12.3. The Hall–Kier alpha value is -2.50. The second-order valence-corrected chi connectivity index (χ2v) is 8.71. The van der Waals surface area contributed by atoms with E-state index in [2.05, 4.69) is 11.1 Å². The molecule has 30 heavy (non-hydrogen) atoms. The van der Waals surface area contributed by atoms with E-state index in [1.807, 2.05) is 31.2 Å². The minimum atomic E-state index is -0.513. The molecule has 154 valence electrons. The number of urea groups is 1. The second-order valence-electron chi connectivity index (χ2n) is 7.89. The fourth-order valence-corrected chi connectivity index (χ4v) is 4.99. The standard InChI is InChI=1S/C23H21Cl2N3O2/c1-2-3-10-27-22(29)19-12-15-14-6-4-5-7-18(14)26-20(15)21(28(19)23(27)30)13-8-9-16(24)17(25)11-13/h4-9,11,19,21,26H,2-3,10,12H2,1H3/t19-,21-/m0/s1. The van der Waals surface area contributed by atoms with Crippen molar-refractivity contribution in [2.24, 2.45) is 0 Å². The molecule has 2 atom stereocenters. The first kappa shape index (κ1) is 19.5. The topological polar surface area (TPSA) is 56.4 Å². The van der Waals surface area contributed by atoms with E-state index in [0.29, 0.717) is 23.0 Å². The van der Waals surface area contributed by atoms with Gasteiger partial charge in [-0.2, -0.15) is 0 Å². The first-order valence-electron chi connectivity index (χ1n) is 10.2. The molecule has 7 heteroatoms. The summed E-state index contributed by atoms with van der Waals surface area (Å²) >= 11 is 12.5. The average Bonchev–Trinajstić information content (AvgIpc) is 3.23. The number of rotatable bonds is 4. The van der Waals surface area contributed by atoms with Crippen LogP contribution in [0.25, 0.3) is 10.9 Å². The number of para-hydroxylation sites is 1. The summed E-state index contributed by atoms with van der Waals surface area (Å²) in [4.78, 5) is 33.2. The minimum Gasteiger partial charge on any atom is -0.356 e. The van der Waals surface area contributed by atoms with Crippen molar-refractivity contribution in [3.05, 3.63) is 69.3 Å². The Morgan fingerprint density at radius 1 is 1.10 bits per heavy atom. The maximum absolute atomic E-state index is 13.4. The van der Waals surface area contributed by atoms with Crippen LogP contribution < -0.4 is 0 Å². The third-order valence-corrected chi connectivity index (χ3v) is 6.87. The van der Waals surface area contributed by atoms with E-state index < -0.39 is 12.1 Å². The number of hydrogen-bond acceptors (Lipinski definition) is 2. The number of nitrogens with zero attached hydrogens (tertiary/aromatic N) is 2. The number of unbranched alkanes of at least 4 members (excludes halogenated alkanes) is 1. The van der Waals surface area contributed by atoms with E-state index >= 15 is 0 Å². The fraction of sp³-hybridized carbons (Fsp3) is 0.304. The molecule has 5 rings (SSSR count). The number of aromatic amines is 1. The van der Waals surface area contributed by atoms with E-state index in [4.69, 9.17) is 23.2 Å². The van der Waals surface area contributed by atoms with Crippen LogP contribution in [-0.4, -0.2) is 39.3 Å². The molecule has 2 aliphatic heterocycles. The zero-order valence-corrected chi connectivity index (χ0v) is 18.0. The zero-order valence-electron chi connectivity index (χ0n) is 16.5. The predicted molar refractivity (Wildman–Crippen MR) is 118 cm³/mol. The van der Waals surface area contributed by atoms with Gasteiger partial charge in [0.25, 0.3) is 5.91 Å². The highest BCUT2D eigenvalue weighted by Crippen LogP contribution is 2.44. The number of imide groups is 1. The molecule has 2 aromatic carbocycles. The second kappa shape index (κ2) is 7.33. The quantitative estimate of drug-likeness (QED) is 0.539. The average molecular weight is 442 g/mol. The molecule has 0 unspecified atom stereocenters. The van der Waals surface area contributed by atoms with Crippen molar-refractivity contribution in [3.63, 3.8) is 0 Å². The van der Waals surface area contributed by atoms with E-state index in [1.165, 1.54) is 4.90 Å². The molecule has 3 aromatic rings. The van der Waals surface area contributed by atoms with Crippen molar-refractivity contribution in [1.82, 2.24) is 14.8 Å². The van der Waals surface area contributed by atoms with Crippen molar-refractivity contribution < 1.29 is 9.59 Å². The number of nitrogens with one attached hydrogen (secondary N) is 1. The number of aromatic nitrogens is 1. The van der Waals surface area contributed by atoms with Crippen molar-refractivity contribution >= 4 is 46.0 Å². The van der Waals surface area contributed by atoms with Gasteiger partial charge in [-0.15, -0.1) is 0 Å². The van der Waals surface area contributed by atoms with E-state index in [0.717, 1.165) is 40.6 Å². The molecule has 0 bridgehead atoms. The van der Waals surface area contributed by atoms with Gasteiger partial charge in [0.1, 0.15) is 12.1 Å². The number of benzene rings is 2. The Labute approximate surface area is 184 Å². The number of carbonyl (C=O) groups is 2. The predicted octanol–water partition coefficient (Wildman–Crippen LogP) is 5.55. The van der Waals surface area contributed by atoms with Crippen molar-refractivity contribution in [2.75, 3.05) is 6.54 Å². The summed E-state index contributed by atoms with van der Waals surface area (Å²) in [5.41, 5.74) is 3.85. The van der Waals surface area contributed by atoms with Gasteiger partial charge in [0.15, 0.2) is 0 Å². The number of H-pyrrole nitrogens is 1. The van der Waals surface area contributed by atoms with Crippen LogP contribution in [0.15, 0.2) is 42.5 Å². The number of amides is 3. The first-order valence-corrected chi connectivity index (χ1v) is 10.9. The lowest BCUT2D eigenvalue weighted by Crippen LogP contribution is -2.44. The number of fused-ring (bicyclic) bond motifs is 4. The Morgan fingerprint density at radius 3 is 2.67 bits per heavy atom. The molecule has 0 spiro atoms. The van der Waals surface area contributed by atoms with Gasteiger partial charge in [0, 0.05) is 29.6 Å². The Balaban J connectivity index is 1.69. The lowest BCUT2D eigenvalue weighted by molar-refractivity contribution is -0.128. The highest BCUT2D eigenvalue weighted by Gasteiger charge is 2.52. The van der Waals surface area contributed by atoms with Gasteiger partial charge in [0.2, 0.25) is 0 Å². The molecule has 1 saturated heterocycles. The largest absolute Gasteiger partial charge is 0.356 e. The number of halogens is 2. The van der Waals surface area contributed by atoms with Gasteiger partial charge >= 0.3 is 6.03 Å². The molecule has 3 heterocycles. The number of carbonyl (C=O) groups excluding carboxylic acids is 2. The third kappa shape index (κ3) is 2.83. The molecule has 0 saturated carbocycles. The molecule has 2 aliphatic rings. The SMILES string of the molecule is CCCCN1C(=O)[C@@H]2Cc3c([nH]c4ccccc34)[C@H](c3ccc(Cl)c(Cl)c3)N2C1=O. The molecule has 1 fully saturated rings. The van der Waals surface area contributed by atoms with Crippen molar-refractivity contribution in [1.29, 1.82) is 0 Å². The van der Waals surface area contributed by atoms with Crippen LogP contribution in [0.3, 0.4) is 0 Å². The van der Waals surface area contributed by atoms with Gasteiger partial charge < -0.3 is 4.98 Å². The van der Waals surface area contributed by atoms with E-state index in [9.17, 15) is 9.59 Å². The number of hydrogen-bond donors (Lipinski definition) is 1. The van der Waals surface area contributed by atoms with Gasteiger partial charge in [-0.05, 0) is 35.7 Å². The first-order chi connectivity index (χ1) is 14.5. The van der Waals surface area contributed by atoms with Crippen molar-refractivity contribution in [3.8, 4) is 0 Å². The van der Waals surface area contributed by atoms with E-state index in [-0.39, 0.29) is 11.9 Å². The molecule has 3 amide bonds. The van der Waals surface area contributed by atoms with E-state index in [1.54, 1.807) is 17.0 Å². The van der Waals surface area contributed by atoms with Crippen LogP contribution in [0.5, 0.6) is 0 Å².